The first-order chi connectivity index (χ1) is 8.63. The van der Waals surface area contributed by atoms with Crippen LogP contribution in [-0.4, -0.2) is 14.9 Å². The Morgan fingerprint density at radius 1 is 1.33 bits per heavy atom. The molecule has 90 valence electrons. The molecule has 0 bridgehead atoms. The van der Waals surface area contributed by atoms with Crippen LogP contribution in [0.15, 0.2) is 39.0 Å². The number of anilines is 2. The molecule has 0 unspecified atom stereocenters. The molecule has 8 heteroatoms. The summed E-state index contributed by atoms with van der Waals surface area (Å²) < 4.78 is 0. The highest BCUT2D eigenvalue weighted by atomic mass is 32.2. The van der Waals surface area contributed by atoms with Gasteiger partial charge in [0.05, 0.1) is 21.7 Å². The van der Waals surface area contributed by atoms with Gasteiger partial charge in [-0.15, -0.1) is 0 Å². The second kappa shape index (κ2) is 3.84. The van der Waals surface area contributed by atoms with E-state index >= 15 is 0 Å². The third kappa shape index (κ3) is 1.72. The van der Waals surface area contributed by atoms with Gasteiger partial charge in [0.15, 0.2) is 0 Å². The van der Waals surface area contributed by atoms with Crippen molar-refractivity contribution in [3.63, 3.8) is 0 Å². The number of nitro benzene ring substituents is 1. The SMILES string of the molecule is O=c1ncc2c([nH]1)Nc1ccc([N+](=O)[O-])cc1S2. The first kappa shape index (κ1) is 10.8. The number of hydrogen-bond donors (Lipinski definition) is 2. The summed E-state index contributed by atoms with van der Waals surface area (Å²) in [6.45, 7) is 0. The monoisotopic (exact) mass is 262 g/mol. The van der Waals surface area contributed by atoms with Crippen molar-refractivity contribution in [2.24, 2.45) is 0 Å². The van der Waals surface area contributed by atoms with Crippen molar-refractivity contribution < 1.29 is 4.92 Å². The number of aromatic nitrogens is 2. The summed E-state index contributed by atoms with van der Waals surface area (Å²) in [5, 5.41) is 13.7. The largest absolute Gasteiger partial charge is 0.346 e. The van der Waals surface area contributed by atoms with E-state index < -0.39 is 10.6 Å². The zero-order valence-electron chi connectivity index (χ0n) is 8.84. The molecule has 2 N–H and O–H groups in total. The fourth-order valence-corrected chi connectivity index (χ4v) is 2.57. The average Bonchev–Trinajstić information content (AvgIpc) is 2.35. The van der Waals surface area contributed by atoms with Crippen LogP contribution in [0.25, 0.3) is 0 Å². The highest BCUT2D eigenvalue weighted by Gasteiger charge is 2.19. The van der Waals surface area contributed by atoms with Crippen molar-refractivity contribution in [2.45, 2.75) is 9.79 Å². The number of nitrogens with zero attached hydrogens (tertiary/aromatic N) is 2. The zero-order chi connectivity index (χ0) is 12.7. The van der Waals surface area contributed by atoms with Gasteiger partial charge in [0.2, 0.25) is 0 Å². The Bertz CT molecular complexity index is 713. The minimum atomic E-state index is -0.443. The molecular weight excluding hydrogens is 256 g/mol. The van der Waals surface area contributed by atoms with Gasteiger partial charge in [-0.3, -0.25) is 15.1 Å². The maximum atomic E-state index is 11.1. The first-order valence-electron chi connectivity index (χ1n) is 4.96. The summed E-state index contributed by atoms with van der Waals surface area (Å²) in [6.07, 6.45) is 1.44. The lowest BCUT2D eigenvalue weighted by molar-refractivity contribution is -0.385. The second-order valence-corrected chi connectivity index (χ2v) is 4.68. The number of rotatable bonds is 1. The summed E-state index contributed by atoms with van der Waals surface area (Å²) in [7, 11) is 0. The molecule has 0 radical (unpaired) electrons. The van der Waals surface area contributed by atoms with E-state index in [9.17, 15) is 14.9 Å². The summed E-state index contributed by atoms with van der Waals surface area (Å²) in [6, 6.07) is 4.51. The minimum absolute atomic E-state index is 0.0314. The van der Waals surface area contributed by atoms with Crippen LogP contribution >= 0.6 is 11.8 Å². The molecule has 7 nitrogen and oxygen atoms in total. The maximum absolute atomic E-state index is 11.1. The molecule has 1 aromatic carbocycles. The van der Waals surface area contributed by atoms with Crippen LogP contribution in [0.2, 0.25) is 0 Å². The van der Waals surface area contributed by atoms with Crippen LogP contribution in [0, 0.1) is 10.1 Å². The standard InChI is InChI=1S/C10H6N4O3S/c15-10-11-4-8-9(13-10)12-6-2-1-5(14(16)17)3-7(6)18-8/h1-4H,(H2,11,12,13,15). The van der Waals surface area contributed by atoms with E-state index in [1.165, 1.54) is 30.1 Å². The predicted octanol–water partition coefficient (Wildman–Crippen LogP) is 1.89. The van der Waals surface area contributed by atoms with Crippen molar-refractivity contribution in [3.05, 3.63) is 45.0 Å². The molecule has 0 saturated heterocycles. The van der Waals surface area contributed by atoms with Gasteiger partial charge in [-0.1, -0.05) is 11.8 Å². The Kier molecular flexibility index (Phi) is 2.30. The van der Waals surface area contributed by atoms with Crippen LogP contribution in [0.3, 0.4) is 0 Å². The highest BCUT2D eigenvalue weighted by Crippen LogP contribution is 2.43. The van der Waals surface area contributed by atoms with Crippen LogP contribution < -0.4 is 11.0 Å². The van der Waals surface area contributed by atoms with Crippen molar-refractivity contribution >= 4 is 29.0 Å². The number of fused-ring (bicyclic) bond motifs is 2. The topological polar surface area (TPSA) is 101 Å². The number of benzene rings is 1. The molecule has 2 heterocycles. The van der Waals surface area contributed by atoms with E-state index in [0.29, 0.717) is 5.82 Å². The zero-order valence-corrected chi connectivity index (χ0v) is 9.65. The summed E-state index contributed by atoms with van der Waals surface area (Å²) in [4.78, 5) is 29.0. The Balaban J connectivity index is 2.07. The molecule has 0 aliphatic carbocycles. The Morgan fingerprint density at radius 3 is 2.94 bits per heavy atom. The van der Waals surface area contributed by atoms with Crippen LogP contribution in [-0.2, 0) is 0 Å². The molecule has 0 spiro atoms. The lowest BCUT2D eigenvalue weighted by Gasteiger charge is -2.18. The Labute approximate surface area is 104 Å². The van der Waals surface area contributed by atoms with Crippen molar-refractivity contribution in [2.75, 3.05) is 5.32 Å². The molecule has 0 fully saturated rings. The van der Waals surface area contributed by atoms with E-state index in [4.69, 9.17) is 0 Å². The fraction of sp³-hybridized carbons (Fsp3) is 0. The summed E-state index contributed by atoms with van der Waals surface area (Å²) in [5.41, 5.74) is 0.316. The van der Waals surface area contributed by atoms with Gasteiger partial charge >= 0.3 is 5.69 Å². The highest BCUT2D eigenvalue weighted by molar-refractivity contribution is 7.99. The van der Waals surface area contributed by atoms with Gasteiger partial charge in [-0.2, -0.15) is 0 Å². The van der Waals surface area contributed by atoms with Crippen molar-refractivity contribution in [1.29, 1.82) is 0 Å². The second-order valence-electron chi connectivity index (χ2n) is 3.59. The van der Waals surface area contributed by atoms with E-state index in [1.807, 2.05) is 0 Å². The average molecular weight is 262 g/mol. The number of H-pyrrole nitrogens is 1. The summed E-state index contributed by atoms with van der Waals surface area (Å²) >= 11 is 1.32. The van der Waals surface area contributed by atoms with Crippen LogP contribution in [0.1, 0.15) is 0 Å². The van der Waals surface area contributed by atoms with Gasteiger partial charge in [0, 0.05) is 17.0 Å². The lowest BCUT2D eigenvalue weighted by Crippen LogP contribution is -2.14. The quantitative estimate of drug-likeness (QED) is 0.513. The van der Waals surface area contributed by atoms with Crippen LogP contribution in [0.5, 0.6) is 0 Å². The van der Waals surface area contributed by atoms with Crippen LogP contribution in [0.4, 0.5) is 17.2 Å². The molecule has 0 saturated carbocycles. The molecule has 1 aromatic heterocycles. The molecule has 1 aliphatic rings. The van der Waals surface area contributed by atoms with Crippen molar-refractivity contribution in [3.8, 4) is 0 Å². The number of hydrogen-bond acceptors (Lipinski definition) is 6. The molecular formula is C10H6N4O3S. The van der Waals surface area contributed by atoms with E-state index in [1.54, 1.807) is 6.07 Å². The molecule has 0 atom stereocenters. The smallest absolute Gasteiger partial charge is 0.340 e. The number of nitro groups is 1. The van der Waals surface area contributed by atoms with Gasteiger partial charge in [0.1, 0.15) is 5.82 Å². The number of nitrogens with one attached hydrogen (secondary N) is 2. The lowest BCUT2D eigenvalue weighted by atomic mass is 10.2. The molecule has 3 rings (SSSR count). The van der Waals surface area contributed by atoms with Gasteiger partial charge in [-0.05, 0) is 6.07 Å². The van der Waals surface area contributed by atoms with Crippen molar-refractivity contribution in [1.82, 2.24) is 9.97 Å². The fourth-order valence-electron chi connectivity index (χ4n) is 1.62. The molecule has 2 aromatic rings. The minimum Gasteiger partial charge on any atom is -0.340 e. The molecule has 0 amide bonds. The van der Waals surface area contributed by atoms with E-state index in [0.717, 1.165) is 15.5 Å². The summed E-state index contributed by atoms with van der Waals surface area (Å²) in [5.74, 6) is 0.557. The van der Waals surface area contributed by atoms with E-state index in [-0.39, 0.29) is 5.69 Å². The Hall–Kier alpha value is -2.35. The normalized spacial score (nSPS) is 12.2. The van der Waals surface area contributed by atoms with Gasteiger partial charge in [0.25, 0.3) is 5.69 Å². The molecule has 1 aliphatic heterocycles. The third-order valence-corrected chi connectivity index (χ3v) is 3.52. The third-order valence-electron chi connectivity index (χ3n) is 2.43. The predicted molar refractivity (Wildman–Crippen MR) is 65.4 cm³/mol. The number of aromatic amines is 1. The van der Waals surface area contributed by atoms with Gasteiger partial charge < -0.3 is 5.32 Å². The molecule has 18 heavy (non-hydrogen) atoms. The first-order valence-corrected chi connectivity index (χ1v) is 5.78. The Morgan fingerprint density at radius 2 is 2.17 bits per heavy atom. The van der Waals surface area contributed by atoms with E-state index in [2.05, 4.69) is 15.3 Å². The van der Waals surface area contributed by atoms with Gasteiger partial charge in [-0.25, -0.2) is 9.78 Å². The maximum Gasteiger partial charge on any atom is 0.346 e. The number of non-ortho nitro benzene ring substituents is 1.